The van der Waals surface area contributed by atoms with Crippen LogP contribution in [0, 0.1) is 17.0 Å². The molecule has 19 heavy (non-hydrogen) atoms. The van der Waals surface area contributed by atoms with Crippen molar-refractivity contribution >= 4 is 34.5 Å². The van der Waals surface area contributed by atoms with Crippen molar-refractivity contribution in [3.8, 4) is 0 Å². The van der Waals surface area contributed by atoms with Gasteiger partial charge in [-0.2, -0.15) is 4.68 Å². The molecule has 2 heterocycles. The molecule has 0 aliphatic heterocycles. The normalized spacial score (nSPS) is 12.4. The molecule has 6 nitrogen and oxygen atoms in total. The number of carbonyl (C=O) groups is 1. The zero-order chi connectivity index (χ0) is 14.2. The molecule has 2 rings (SSSR count). The summed E-state index contributed by atoms with van der Waals surface area (Å²) in [5.74, 6) is -0.431. The number of nitrogens with zero attached hydrogens (tertiary/aromatic N) is 3. The van der Waals surface area contributed by atoms with Crippen molar-refractivity contribution in [1.82, 2.24) is 9.78 Å². The minimum atomic E-state index is -0.608. The van der Waals surface area contributed by atoms with Gasteiger partial charge in [0.15, 0.2) is 5.78 Å². The molecule has 0 aromatic carbocycles. The number of carbonyl (C=O) groups excluding carboxylic acids is 1. The largest absolute Gasteiger partial charge is 0.390 e. The number of aromatic nitrogens is 2. The summed E-state index contributed by atoms with van der Waals surface area (Å²) in [6, 6.07) is 4.01. The molecule has 0 N–H and O–H groups in total. The Bertz CT molecular complexity index is 649. The Morgan fingerprint density at radius 3 is 2.74 bits per heavy atom. The van der Waals surface area contributed by atoms with E-state index in [1.54, 1.807) is 26.0 Å². The number of Topliss-reactive ketones (excluding diaryl/α,β-unsaturated/α-hetero) is 1. The molecule has 0 fully saturated rings. The first-order chi connectivity index (χ1) is 8.90. The summed E-state index contributed by atoms with van der Waals surface area (Å²) in [6.07, 6.45) is 0. The van der Waals surface area contributed by atoms with Crippen LogP contribution in [-0.4, -0.2) is 20.5 Å². The molecular weight excluding hydrogens is 290 g/mol. The number of hydrogen-bond acceptors (Lipinski definition) is 5. The second-order valence-corrected chi connectivity index (χ2v) is 5.70. The third kappa shape index (κ3) is 2.66. The SMILES string of the molecule is Cc1cc([N+](=O)[O-])nn1C(C)C(=O)c1ccc(Cl)s1. The molecule has 1 atom stereocenters. The van der Waals surface area contributed by atoms with Gasteiger partial charge in [-0.05, 0) is 30.9 Å². The lowest BCUT2D eigenvalue weighted by Crippen LogP contribution is -2.18. The van der Waals surface area contributed by atoms with Gasteiger partial charge in [0, 0.05) is 0 Å². The minimum Gasteiger partial charge on any atom is -0.358 e. The second-order valence-electron chi connectivity index (χ2n) is 3.99. The Kier molecular flexibility index (Phi) is 3.68. The van der Waals surface area contributed by atoms with E-state index >= 15 is 0 Å². The van der Waals surface area contributed by atoms with Crippen molar-refractivity contribution < 1.29 is 9.72 Å². The van der Waals surface area contributed by atoms with Crippen molar-refractivity contribution in [2.75, 3.05) is 0 Å². The van der Waals surface area contributed by atoms with Gasteiger partial charge in [0.05, 0.1) is 26.1 Å². The summed E-state index contributed by atoms with van der Waals surface area (Å²) in [5, 5.41) is 14.5. The zero-order valence-electron chi connectivity index (χ0n) is 10.2. The van der Waals surface area contributed by atoms with E-state index in [4.69, 9.17) is 11.6 Å². The Morgan fingerprint density at radius 1 is 1.58 bits per heavy atom. The predicted octanol–water partition coefficient (Wildman–Crippen LogP) is 3.26. The van der Waals surface area contributed by atoms with Gasteiger partial charge in [-0.1, -0.05) is 11.6 Å². The number of thiophene rings is 1. The maximum absolute atomic E-state index is 12.2. The summed E-state index contributed by atoms with van der Waals surface area (Å²) < 4.78 is 1.88. The molecule has 0 bridgehead atoms. The van der Waals surface area contributed by atoms with Crippen molar-refractivity contribution in [3.63, 3.8) is 0 Å². The van der Waals surface area contributed by atoms with E-state index in [0.29, 0.717) is 14.9 Å². The third-order valence-corrected chi connectivity index (χ3v) is 3.90. The highest BCUT2D eigenvalue weighted by Crippen LogP contribution is 2.26. The predicted molar refractivity (Wildman–Crippen MR) is 72.0 cm³/mol. The fraction of sp³-hybridized carbons (Fsp3) is 0.273. The third-order valence-electron chi connectivity index (χ3n) is 2.66. The van der Waals surface area contributed by atoms with Gasteiger partial charge in [-0.25, -0.2) is 0 Å². The molecule has 0 aliphatic carbocycles. The maximum atomic E-state index is 12.2. The number of ketones is 1. The molecule has 2 aromatic heterocycles. The van der Waals surface area contributed by atoms with E-state index in [9.17, 15) is 14.9 Å². The average Bonchev–Trinajstić information content (AvgIpc) is 2.94. The Labute approximate surface area is 117 Å². The van der Waals surface area contributed by atoms with Gasteiger partial charge < -0.3 is 10.1 Å². The van der Waals surface area contributed by atoms with E-state index in [1.807, 2.05) is 0 Å². The molecule has 0 aliphatic rings. The van der Waals surface area contributed by atoms with Crippen LogP contribution < -0.4 is 0 Å². The van der Waals surface area contributed by atoms with Crippen LogP contribution in [0.25, 0.3) is 0 Å². The fourth-order valence-corrected chi connectivity index (χ4v) is 2.78. The Morgan fingerprint density at radius 2 is 2.26 bits per heavy atom. The molecule has 0 radical (unpaired) electrons. The lowest BCUT2D eigenvalue weighted by Gasteiger charge is -2.07. The smallest absolute Gasteiger partial charge is 0.358 e. The number of halogens is 1. The molecule has 100 valence electrons. The summed E-state index contributed by atoms with van der Waals surface area (Å²) in [7, 11) is 0. The van der Waals surface area contributed by atoms with E-state index in [1.165, 1.54) is 22.1 Å². The lowest BCUT2D eigenvalue weighted by atomic mass is 10.2. The quantitative estimate of drug-likeness (QED) is 0.493. The average molecular weight is 300 g/mol. The molecule has 0 spiro atoms. The Hall–Kier alpha value is -1.73. The number of hydrogen-bond donors (Lipinski definition) is 0. The first-order valence-corrected chi connectivity index (χ1v) is 6.59. The van der Waals surface area contributed by atoms with Crippen LogP contribution in [0.3, 0.4) is 0 Å². The van der Waals surface area contributed by atoms with Crippen molar-refractivity contribution in [1.29, 1.82) is 0 Å². The van der Waals surface area contributed by atoms with Crippen LogP contribution in [0.2, 0.25) is 4.34 Å². The highest BCUT2D eigenvalue weighted by Gasteiger charge is 2.26. The molecule has 0 saturated carbocycles. The zero-order valence-corrected chi connectivity index (χ0v) is 11.7. The molecular formula is C11H10ClN3O3S. The second kappa shape index (κ2) is 5.10. The monoisotopic (exact) mass is 299 g/mol. The summed E-state index contributed by atoms with van der Waals surface area (Å²) in [5.41, 5.74) is 0.565. The van der Waals surface area contributed by atoms with Gasteiger partial charge in [-0.3, -0.25) is 4.79 Å². The van der Waals surface area contributed by atoms with Crippen molar-refractivity contribution in [2.24, 2.45) is 0 Å². The molecule has 0 amide bonds. The van der Waals surface area contributed by atoms with Crippen LogP contribution >= 0.6 is 22.9 Å². The number of aryl methyl sites for hydroxylation is 1. The number of nitro groups is 1. The summed E-state index contributed by atoms with van der Waals surface area (Å²) in [6.45, 7) is 3.32. The minimum absolute atomic E-state index is 0.169. The van der Waals surface area contributed by atoms with Crippen LogP contribution in [0.5, 0.6) is 0 Å². The first kappa shape index (κ1) is 13.7. The molecule has 2 aromatic rings. The first-order valence-electron chi connectivity index (χ1n) is 5.40. The van der Waals surface area contributed by atoms with Crippen LogP contribution in [0.15, 0.2) is 18.2 Å². The molecule has 0 saturated heterocycles. The van der Waals surface area contributed by atoms with Gasteiger partial charge in [0.1, 0.15) is 6.04 Å². The highest BCUT2D eigenvalue weighted by atomic mass is 35.5. The molecule has 1 unspecified atom stereocenters. The van der Waals surface area contributed by atoms with E-state index in [0.717, 1.165) is 0 Å². The van der Waals surface area contributed by atoms with E-state index in [2.05, 4.69) is 5.10 Å². The topological polar surface area (TPSA) is 78.0 Å². The summed E-state index contributed by atoms with van der Waals surface area (Å²) in [4.78, 5) is 22.8. The van der Waals surface area contributed by atoms with E-state index < -0.39 is 11.0 Å². The van der Waals surface area contributed by atoms with Crippen LogP contribution in [0.4, 0.5) is 5.82 Å². The maximum Gasteiger partial charge on any atom is 0.390 e. The van der Waals surface area contributed by atoms with Gasteiger partial charge in [0.25, 0.3) is 0 Å². The fourth-order valence-electron chi connectivity index (χ4n) is 1.72. The van der Waals surface area contributed by atoms with Crippen molar-refractivity contribution in [3.05, 3.63) is 43.2 Å². The standard InChI is InChI=1S/C11H10ClN3O3S/c1-6-5-10(15(17)18)13-14(6)7(2)11(16)8-3-4-9(12)19-8/h3-5,7H,1-2H3. The van der Waals surface area contributed by atoms with Gasteiger partial charge in [0.2, 0.25) is 0 Å². The van der Waals surface area contributed by atoms with Crippen molar-refractivity contribution in [2.45, 2.75) is 19.9 Å². The van der Waals surface area contributed by atoms with Gasteiger partial charge >= 0.3 is 5.82 Å². The van der Waals surface area contributed by atoms with E-state index in [-0.39, 0.29) is 11.6 Å². The summed E-state index contributed by atoms with van der Waals surface area (Å²) >= 11 is 6.97. The number of rotatable bonds is 4. The Balaban J connectivity index is 2.31. The lowest BCUT2D eigenvalue weighted by molar-refractivity contribution is -0.389. The van der Waals surface area contributed by atoms with Crippen LogP contribution in [-0.2, 0) is 0 Å². The van der Waals surface area contributed by atoms with Crippen LogP contribution in [0.1, 0.15) is 28.3 Å². The van der Waals surface area contributed by atoms with Gasteiger partial charge in [-0.15, -0.1) is 11.3 Å². The molecule has 8 heteroatoms. The highest BCUT2D eigenvalue weighted by molar-refractivity contribution is 7.18.